The lowest BCUT2D eigenvalue weighted by Gasteiger charge is -2.42. The van der Waals surface area contributed by atoms with Gasteiger partial charge in [0.2, 0.25) is 17.7 Å². The van der Waals surface area contributed by atoms with Gasteiger partial charge in [-0.05, 0) is 24.3 Å². The molecule has 0 aliphatic carbocycles. The summed E-state index contributed by atoms with van der Waals surface area (Å²) in [5.41, 5.74) is 0.798. The highest BCUT2D eigenvalue weighted by Gasteiger charge is 2.36. The Morgan fingerprint density at radius 1 is 1.20 bits per heavy atom. The van der Waals surface area contributed by atoms with Crippen molar-refractivity contribution in [1.29, 1.82) is 0 Å². The summed E-state index contributed by atoms with van der Waals surface area (Å²) < 4.78 is 13.1. The third-order valence-electron chi connectivity index (χ3n) is 4.11. The molecule has 2 rings (SSSR count). The van der Waals surface area contributed by atoms with Crippen LogP contribution in [-0.2, 0) is 14.4 Å². The van der Waals surface area contributed by atoms with Crippen molar-refractivity contribution in [1.82, 2.24) is 15.1 Å². The molecule has 0 bridgehead atoms. The molecule has 25 heavy (non-hydrogen) atoms. The number of nitrogens with one attached hydrogen (secondary N) is 1. The van der Waals surface area contributed by atoms with E-state index in [9.17, 15) is 18.8 Å². The van der Waals surface area contributed by atoms with Gasteiger partial charge >= 0.3 is 0 Å². The van der Waals surface area contributed by atoms with E-state index >= 15 is 0 Å². The Labute approximate surface area is 146 Å². The molecule has 8 heteroatoms. The lowest BCUT2D eigenvalue weighted by molar-refractivity contribution is -0.144. The van der Waals surface area contributed by atoms with E-state index in [-0.39, 0.29) is 30.1 Å². The van der Waals surface area contributed by atoms with Crippen molar-refractivity contribution in [2.75, 3.05) is 45.2 Å². The number of hydrogen-bond acceptors (Lipinski definition) is 4. The molecule has 0 spiro atoms. The third kappa shape index (κ3) is 4.68. The molecular weight excluding hydrogens is 327 g/mol. The van der Waals surface area contributed by atoms with Crippen LogP contribution in [0.5, 0.6) is 0 Å². The summed E-state index contributed by atoms with van der Waals surface area (Å²) in [5, 5.41) is 2.47. The largest absolute Gasteiger partial charge is 0.367 e. The van der Waals surface area contributed by atoms with Crippen LogP contribution in [0.3, 0.4) is 0 Å². The summed E-state index contributed by atoms with van der Waals surface area (Å²) in [4.78, 5) is 40.9. The van der Waals surface area contributed by atoms with Crippen LogP contribution in [0, 0.1) is 5.82 Å². The summed E-state index contributed by atoms with van der Waals surface area (Å²) in [6, 6.07) is 5.39. The zero-order chi connectivity index (χ0) is 18.6. The highest BCUT2D eigenvalue weighted by atomic mass is 19.1. The number of anilines is 1. The van der Waals surface area contributed by atoms with E-state index in [1.165, 1.54) is 28.9 Å². The number of hydrogen-bond donors (Lipinski definition) is 1. The van der Waals surface area contributed by atoms with Gasteiger partial charge in [-0.25, -0.2) is 4.39 Å². The fraction of sp³-hybridized carbons (Fsp3) is 0.471. The van der Waals surface area contributed by atoms with Crippen molar-refractivity contribution < 1.29 is 18.8 Å². The molecule has 1 aliphatic heterocycles. The second-order valence-corrected chi connectivity index (χ2v) is 6.17. The summed E-state index contributed by atoms with van der Waals surface area (Å²) in [6.07, 6.45) is 0. The molecule has 0 aromatic heterocycles. The maximum absolute atomic E-state index is 13.1. The molecule has 7 nitrogen and oxygen atoms in total. The maximum Gasteiger partial charge on any atom is 0.246 e. The van der Waals surface area contributed by atoms with Crippen LogP contribution in [0.4, 0.5) is 10.1 Å². The molecule has 1 unspecified atom stereocenters. The molecule has 1 fully saturated rings. The Bertz CT molecular complexity index is 648. The van der Waals surface area contributed by atoms with Crippen LogP contribution in [0.25, 0.3) is 0 Å². The fourth-order valence-corrected chi connectivity index (χ4v) is 2.78. The van der Waals surface area contributed by atoms with Crippen LogP contribution < -0.4 is 10.2 Å². The third-order valence-corrected chi connectivity index (χ3v) is 4.11. The topological polar surface area (TPSA) is 73.0 Å². The van der Waals surface area contributed by atoms with Gasteiger partial charge in [0.15, 0.2) is 0 Å². The summed E-state index contributed by atoms with van der Waals surface area (Å²) in [7, 11) is 3.27. The van der Waals surface area contributed by atoms with Crippen LogP contribution in [0.2, 0.25) is 0 Å². The van der Waals surface area contributed by atoms with Crippen molar-refractivity contribution in [3.05, 3.63) is 30.1 Å². The fourth-order valence-electron chi connectivity index (χ4n) is 2.78. The average molecular weight is 350 g/mol. The molecule has 136 valence electrons. The van der Waals surface area contributed by atoms with Gasteiger partial charge in [0.1, 0.15) is 11.9 Å². The second-order valence-electron chi connectivity index (χ2n) is 6.17. The standard InChI is InChI=1S/C17H23FN4O3/c1-12(23)19-10-16(24)22-9-8-21(11-15(22)17(25)20(2)3)14-6-4-13(18)5-7-14/h4-7,15H,8-11H2,1-3H3,(H,19,23). The second kappa shape index (κ2) is 7.96. The monoisotopic (exact) mass is 350 g/mol. The predicted octanol–water partition coefficient (Wildman–Crippen LogP) is 0.0672. The maximum atomic E-state index is 13.1. The zero-order valence-electron chi connectivity index (χ0n) is 14.7. The highest BCUT2D eigenvalue weighted by molar-refractivity contribution is 5.90. The SMILES string of the molecule is CC(=O)NCC(=O)N1CCN(c2ccc(F)cc2)CC1C(=O)N(C)C. The zero-order valence-corrected chi connectivity index (χ0v) is 14.7. The van der Waals surface area contributed by atoms with E-state index in [0.29, 0.717) is 19.6 Å². The number of halogens is 1. The Balaban J connectivity index is 2.16. The average Bonchev–Trinajstić information content (AvgIpc) is 2.59. The number of piperazine rings is 1. The first-order valence-electron chi connectivity index (χ1n) is 8.05. The van der Waals surface area contributed by atoms with E-state index in [0.717, 1.165) is 5.69 Å². The van der Waals surface area contributed by atoms with Crippen molar-refractivity contribution in [2.45, 2.75) is 13.0 Å². The molecule has 1 heterocycles. The van der Waals surface area contributed by atoms with Crippen LogP contribution >= 0.6 is 0 Å². The number of benzene rings is 1. The molecule has 1 atom stereocenters. The summed E-state index contributed by atoms with van der Waals surface area (Å²) >= 11 is 0. The molecule has 3 amide bonds. The van der Waals surface area contributed by atoms with Gasteiger partial charge in [0.05, 0.1) is 6.54 Å². The number of rotatable bonds is 4. The minimum Gasteiger partial charge on any atom is -0.367 e. The quantitative estimate of drug-likeness (QED) is 0.834. The van der Waals surface area contributed by atoms with E-state index < -0.39 is 6.04 Å². The number of amides is 3. The summed E-state index contributed by atoms with van der Waals surface area (Å²) in [6.45, 7) is 2.38. The molecular formula is C17H23FN4O3. The molecule has 1 N–H and O–H groups in total. The first-order valence-corrected chi connectivity index (χ1v) is 8.05. The van der Waals surface area contributed by atoms with Gasteiger partial charge in [0.25, 0.3) is 0 Å². The molecule has 1 aromatic rings. The van der Waals surface area contributed by atoms with Gasteiger partial charge in [-0.2, -0.15) is 0 Å². The van der Waals surface area contributed by atoms with Crippen molar-refractivity contribution in [2.24, 2.45) is 0 Å². The van der Waals surface area contributed by atoms with Crippen molar-refractivity contribution in [3.63, 3.8) is 0 Å². The molecule has 1 aromatic carbocycles. The molecule has 0 radical (unpaired) electrons. The van der Waals surface area contributed by atoms with E-state index in [2.05, 4.69) is 5.32 Å². The van der Waals surface area contributed by atoms with Crippen molar-refractivity contribution in [3.8, 4) is 0 Å². The van der Waals surface area contributed by atoms with Crippen molar-refractivity contribution >= 4 is 23.4 Å². The normalized spacial score (nSPS) is 17.2. The lowest BCUT2D eigenvalue weighted by atomic mass is 10.1. The summed E-state index contributed by atoms with van der Waals surface area (Å²) in [5.74, 6) is -1.11. The first-order chi connectivity index (χ1) is 11.8. The van der Waals surface area contributed by atoms with Gasteiger partial charge in [-0.15, -0.1) is 0 Å². The van der Waals surface area contributed by atoms with Crippen LogP contribution in [-0.4, -0.2) is 73.8 Å². The predicted molar refractivity (Wildman–Crippen MR) is 91.5 cm³/mol. The number of likely N-dealkylation sites (N-methyl/N-ethyl adjacent to an activating group) is 1. The minimum absolute atomic E-state index is 0.136. The number of carbonyl (C=O) groups is 3. The Morgan fingerprint density at radius 2 is 1.84 bits per heavy atom. The van der Waals surface area contributed by atoms with E-state index in [1.54, 1.807) is 26.2 Å². The molecule has 1 saturated heterocycles. The molecule has 1 aliphatic rings. The Kier molecular flexibility index (Phi) is 5.95. The number of carbonyl (C=O) groups excluding carboxylic acids is 3. The van der Waals surface area contributed by atoms with Gasteiger partial charge in [-0.3, -0.25) is 14.4 Å². The smallest absolute Gasteiger partial charge is 0.246 e. The van der Waals surface area contributed by atoms with Gasteiger partial charge in [-0.1, -0.05) is 0 Å². The Morgan fingerprint density at radius 3 is 2.40 bits per heavy atom. The number of nitrogens with zero attached hydrogens (tertiary/aromatic N) is 3. The minimum atomic E-state index is -0.657. The van der Waals surface area contributed by atoms with Crippen LogP contribution in [0.1, 0.15) is 6.92 Å². The molecule has 0 saturated carbocycles. The highest BCUT2D eigenvalue weighted by Crippen LogP contribution is 2.20. The van der Waals surface area contributed by atoms with Crippen LogP contribution in [0.15, 0.2) is 24.3 Å². The van der Waals surface area contributed by atoms with E-state index in [1.807, 2.05) is 4.90 Å². The first kappa shape index (κ1) is 18.7. The van der Waals surface area contributed by atoms with E-state index in [4.69, 9.17) is 0 Å². The van der Waals surface area contributed by atoms with Gasteiger partial charge in [0, 0.05) is 46.3 Å². The lowest BCUT2D eigenvalue weighted by Crippen LogP contribution is -2.61. The van der Waals surface area contributed by atoms with Gasteiger partial charge < -0.3 is 20.0 Å². The Hall–Kier alpha value is -2.64.